The Hall–Kier alpha value is -3.80. The first-order valence-electron chi connectivity index (χ1n) is 13.3. The van der Waals surface area contributed by atoms with E-state index in [2.05, 4.69) is 32.1 Å². The molecule has 1 aliphatic rings. The Labute approximate surface area is 236 Å². The molecule has 2 heterocycles. The number of allylic oxidation sites excluding steroid dienone is 3. The fourth-order valence-electron chi connectivity index (χ4n) is 3.84. The summed E-state index contributed by atoms with van der Waals surface area (Å²) in [6.45, 7) is 11.7. The van der Waals surface area contributed by atoms with Crippen LogP contribution in [0.5, 0.6) is 23.1 Å². The number of anilines is 1. The molecule has 1 saturated heterocycles. The summed E-state index contributed by atoms with van der Waals surface area (Å²) in [7, 11) is 3.50. The SMILES string of the molecule is C=C/C=C(\C)OCO/C=C/CNc1cc(Oc2cc(OC)c(OCCCN3CCOCC3)cc2CNC)ncn1. The lowest BCUT2D eigenvalue weighted by atomic mass is 10.1. The van der Waals surface area contributed by atoms with Gasteiger partial charge in [0, 0.05) is 50.4 Å². The Balaban J connectivity index is 1.55. The Morgan fingerprint density at radius 1 is 1.15 bits per heavy atom. The van der Waals surface area contributed by atoms with Gasteiger partial charge in [0.2, 0.25) is 12.7 Å². The van der Waals surface area contributed by atoms with Gasteiger partial charge in [0.1, 0.15) is 17.9 Å². The van der Waals surface area contributed by atoms with Gasteiger partial charge in [-0.05, 0) is 38.6 Å². The first-order chi connectivity index (χ1) is 19.6. The maximum atomic E-state index is 6.15. The number of nitrogens with zero attached hydrogens (tertiary/aromatic N) is 3. The van der Waals surface area contributed by atoms with E-state index in [1.165, 1.54) is 6.33 Å². The van der Waals surface area contributed by atoms with Crippen LogP contribution >= 0.6 is 0 Å². The maximum absolute atomic E-state index is 6.15. The number of nitrogens with one attached hydrogen (secondary N) is 2. The Kier molecular flexibility index (Phi) is 13.6. The van der Waals surface area contributed by atoms with E-state index in [0.717, 1.165) is 50.6 Å². The van der Waals surface area contributed by atoms with E-state index < -0.39 is 0 Å². The van der Waals surface area contributed by atoms with Crippen LogP contribution in [0, 0.1) is 0 Å². The van der Waals surface area contributed by atoms with Crippen molar-refractivity contribution in [3.8, 4) is 23.1 Å². The van der Waals surface area contributed by atoms with Gasteiger partial charge in [-0.15, -0.1) is 0 Å². The number of aromatic nitrogens is 2. The second-order valence-corrected chi connectivity index (χ2v) is 8.84. The van der Waals surface area contributed by atoms with Crippen LogP contribution in [0.4, 0.5) is 5.82 Å². The highest BCUT2D eigenvalue weighted by molar-refractivity contribution is 5.52. The molecule has 0 unspecified atom stereocenters. The molecule has 0 radical (unpaired) electrons. The molecule has 2 aromatic rings. The van der Waals surface area contributed by atoms with E-state index in [4.69, 9.17) is 28.4 Å². The van der Waals surface area contributed by atoms with Gasteiger partial charge in [-0.25, -0.2) is 9.97 Å². The average molecular weight is 556 g/mol. The zero-order valence-corrected chi connectivity index (χ0v) is 23.7. The second kappa shape index (κ2) is 17.7. The van der Waals surface area contributed by atoms with Gasteiger partial charge in [0.25, 0.3) is 0 Å². The van der Waals surface area contributed by atoms with Gasteiger partial charge in [-0.1, -0.05) is 12.7 Å². The monoisotopic (exact) mass is 555 g/mol. The highest BCUT2D eigenvalue weighted by Crippen LogP contribution is 2.37. The molecular formula is C29H41N5O6. The molecule has 11 nitrogen and oxygen atoms in total. The van der Waals surface area contributed by atoms with Gasteiger partial charge in [-0.3, -0.25) is 4.90 Å². The molecule has 0 aliphatic carbocycles. The molecule has 0 bridgehead atoms. The molecule has 11 heteroatoms. The van der Waals surface area contributed by atoms with E-state index in [1.54, 1.807) is 31.6 Å². The van der Waals surface area contributed by atoms with Crippen LogP contribution in [-0.2, 0) is 20.8 Å². The molecule has 1 fully saturated rings. The van der Waals surface area contributed by atoms with Crippen LogP contribution < -0.4 is 24.8 Å². The average Bonchev–Trinajstić information content (AvgIpc) is 2.97. The largest absolute Gasteiger partial charge is 0.493 e. The van der Waals surface area contributed by atoms with Crippen LogP contribution in [0.1, 0.15) is 18.9 Å². The Morgan fingerprint density at radius 2 is 2.00 bits per heavy atom. The number of rotatable bonds is 18. The second-order valence-electron chi connectivity index (χ2n) is 8.84. The molecule has 0 spiro atoms. The van der Waals surface area contributed by atoms with Crippen molar-refractivity contribution in [3.63, 3.8) is 0 Å². The molecule has 0 atom stereocenters. The van der Waals surface area contributed by atoms with Crippen molar-refractivity contribution < 1.29 is 28.4 Å². The number of ether oxygens (including phenoxy) is 6. The van der Waals surface area contributed by atoms with Crippen molar-refractivity contribution >= 4 is 5.82 Å². The van der Waals surface area contributed by atoms with E-state index in [0.29, 0.717) is 48.6 Å². The third kappa shape index (κ3) is 10.8. The summed E-state index contributed by atoms with van der Waals surface area (Å²) in [5.41, 5.74) is 0.917. The summed E-state index contributed by atoms with van der Waals surface area (Å²) in [5.74, 6) is 3.63. The van der Waals surface area contributed by atoms with Crippen molar-refractivity contribution in [2.24, 2.45) is 0 Å². The first kappa shape index (κ1) is 30.7. The van der Waals surface area contributed by atoms with Gasteiger partial charge in [0.15, 0.2) is 11.5 Å². The minimum absolute atomic E-state index is 0.120. The van der Waals surface area contributed by atoms with Gasteiger partial charge >= 0.3 is 0 Å². The van der Waals surface area contributed by atoms with Crippen molar-refractivity contribution in [3.05, 3.63) is 66.9 Å². The fraction of sp³-hybridized carbons (Fsp3) is 0.448. The van der Waals surface area contributed by atoms with Crippen LogP contribution in [0.2, 0.25) is 0 Å². The number of methoxy groups -OCH3 is 1. The summed E-state index contributed by atoms with van der Waals surface area (Å²) >= 11 is 0. The highest BCUT2D eigenvalue weighted by Gasteiger charge is 2.15. The number of hydrogen-bond acceptors (Lipinski definition) is 11. The fourth-order valence-corrected chi connectivity index (χ4v) is 3.84. The van der Waals surface area contributed by atoms with Crippen molar-refractivity contribution in [1.82, 2.24) is 20.2 Å². The predicted molar refractivity (Wildman–Crippen MR) is 154 cm³/mol. The minimum atomic E-state index is 0.120. The molecule has 0 amide bonds. The number of hydrogen-bond donors (Lipinski definition) is 2. The highest BCUT2D eigenvalue weighted by atomic mass is 16.7. The van der Waals surface area contributed by atoms with E-state index in [-0.39, 0.29) is 6.79 Å². The molecule has 40 heavy (non-hydrogen) atoms. The summed E-state index contributed by atoms with van der Waals surface area (Å²) in [4.78, 5) is 10.9. The normalized spacial score (nSPS) is 14.1. The van der Waals surface area contributed by atoms with E-state index >= 15 is 0 Å². The van der Waals surface area contributed by atoms with E-state index in [1.807, 2.05) is 32.2 Å². The smallest absolute Gasteiger partial charge is 0.229 e. The maximum Gasteiger partial charge on any atom is 0.229 e. The van der Waals surface area contributed by atoms with Gasteiger partial charge in [0.05, 0.1) is 39.0 Å². The summed E-state index contributed by atoms with van der Waals surface area (Å²) in [5, 5.41) is 6.37. The summed E-state index contributed by atoms with van der Waals surface area (Å²) in [6.07, 6.45) is 9.16. The molecule has 1 aromatic heterocycles. The molecule has 0 saturated carbocycles. The summed E-state index contributed by atoms with van der Waals surface area (Å²) < 4.78 is 33.9. The number of benzene rings is 1. The standard InChI is InChI=1S/C29H41N5O6/c1-5-8-23(2)39-22-37-13-6-9-31-28-19-29(33-21-32-28)40-25-18-26(35-4)27(17-24(25)20-30-3)38-14-7-10-34-11-15-36-16-12-34/h5-6,8,13,17-19,21,30H,1,7,9-12,14-16,20,22H2,2-4H3,(H,31,32,33)/b13-6+,23-8+. The lowest BCUT2D eigenvalue weighted by Crippen LogP contribution is -2.37. The first-order valence-corrected chi connectivity index (χ1v) is 13.3. The topological polar surface area (TPSA) is 108 Å². The molecule has 218 valence electrons. The Bertz CT molecular complexity index is 1100. The van der Waals surface area contributed by atoms with Gasteiger partial charge < -0.3 is 39.1 Å². The Morgan fingerprint density at radius 3 is 2.77 bits per heavy atom. The quantitative estimate of drug-likeness (QED) is 0.120. The van der Waals surface area contributed by atoms with Crippen molar-refractivity contribution in [2.75, 3.05) is 72.3 Å². The van der Waals surface area contributed by atoms with Crippen molar-refractivity contribution in [1.29, 1.82) is 0 Å². The van der Waals surface area contributed by atoms with Crippen LogP contribution in [-0.4, -0.2) is 81.8 Å². The third-order valence-electron chi connectivity index (χ3n) is 5.85. The number of morpholine rings is 1. The molecule has 3 rings (SSSR count). The van der Waals surface area contributed by atoms with Crippen LogP contribution in [0.15, 0.2) is 61.4 Å². The lowest BCUT2D eigenvalue weighted by Gasteiger charge is -2.26. The minimum Gasteiger partial charge on any atom is -0.493 e. The molecule has 1 aromatic carbocycles. The molecule has 2 N–H and O–H groups in total. The van der Waals surface area contributed by atoms with Gasteiger partial charge in [-0.2, -0.15) is 0 Å². The van der Waals surface area contributed by atoms with Crippen LogP contribution in [0.3, 0.4) is 0 Å². The van der Waals surface area contributed by atoms with E-state index in [9.17, 15) is 0 Å². The molecular weight excluding hydrogens is 514 g/mol. The van der Waals surface area contributed by atoms with Crippen molar-refractivity contribution in [2.45, 2.75) is 19.9 Å². The predicted octanol–water partition coefficient (Wildman–Crippen LogP) is 4.10. The van der Waals surface area contributed by atoms with Crippen LogP contribution in [0.25, 0.3) is 0 Å². The molecule has 1 aliphatic heterocycles. The lowest BCUT2D eigenvalue weighted by molar-refractivity contribution is 0.0295. The summed E-state index contributed by atoms with van der Waals surface area (Å²) in [6, 6.07) is 5.50. The zero-order valence-electron chi connectivity index (χ0n) is 23.7. The zero-order chi connectivity index (χ0) is 28.4. The third-order valence-corrected chi connectivity index (χ3v) is 5.85.